The van der Waals surface area contributed by atoms with Crippen LogP contribution in [-0.4, -0.2) is 31.3 Å². The van der Waals surface area contributed by atoms with Crippen molar-refractivity contribution in [3.05, 3.63) is 70.9 Å². The molecule has 1 amide bonds. The lowest BCUT2D eigenvalue weighted by molar-refractivity contribution is -0.103. The minimum atomic E-state index is -4.67. The van der Waals surface area contributed by atoms with Crippen molar-refractivity contribution < 1.29 is 22.7 Å². The van der Waals surface area contributed by atoms with Gasteiger partial charge in [-0.2, -0.15) is 13.2 Å². The van der Waals surface area contributed by atoms with Gasteiger partial charge in [0.25, 0.3) is 5.91 Å². The molecule has 30 heavy (non-hydrogen) atoms. The number of hydrogen-bond acceptors (Lipinski definition) is 5. The lowest BCUT2D eigenvalue weighted by atomic mass is 10.1. The molecule has 1 aliphatic rings. The first-order valence-corrected chi connectivity index (χ1v) is 9.12. The number of anilines is 1. The van der Waals surface area contributed by atoms with Gasteiger partial charge in [0, 0.05) is 18.9 Å². The van der Waals surface area contributed by atoms with E-state index in [1.54, 1.807) is 12.1 Å². The van der Waals surface area contributed by atoms with Gasteiger partial charge < -0.3 is 20.7 Å². The Hall–Kier alpha value is -3.49. The standard InChI is InChI=1S/C21H21F3N4O2/c1-12-8-9-13(2)16(10-12)27-20-26-11-15(21(22,23)24)19(28-20)30-17-7-5-4-6-14(17)18(29)25-3/h4-11,19H,1-3H3,(H,25,29)(H2,26,27,28)/t19-/m0/s1. The van der Waals surface area contributed by atoms with Gasteiger partial charge in [-0.15, -0.1) is 0 Å². The number of carbonyl (C=O) groups is 1. The highest BCUT2D eigenvalue weighted by Crippen LogP contribution is 2.33. The summed E-state index contributed by atoms with van der Waals surface area (Å²) < 4.78 is 46.2. The van der Waals surface area contributed by atoms with Crippen molar-refractivity contribution >= 4 is 17.6 Å². The molecule has 0 spiro atoms. The largest absolute Gasteiger partial charge is 0.463 e. The van der Waals surface area contributed by atoms with Crippen molar-refractivity contribution in [3.8, 4) is 5.75 Å². The van der Waals surface area contributed by atoms with Gasteiger partial charge in [-0.05, 0) is 43.2 Å². The Morgan fingerprint density at radius 2 is 1.90 bits per heavy atom. The summed E-state index contributed by atoms with van der Waals surface area (Å²) >= 11 is 0. The molecule has 1 atom stereocenters. The fraction of sp³-hybridized carbons (Fsp3) is 0.238. The molecule has 0 radical (unpaired) electrons. The number of nitrogens with one attached hydrogen (secondary N) is 3. The number of aliphatic imine (C=N–C) groups is 1. The van der Waals surface area contributed by atoms with Crippen LogP contribution in [0.25, 0.3) is 0 Å². The summed E-state index contributed by atoms with van der Waals surface area (Å²) in [5.74, 6) is -0.386. The minimum Gasteiger partial charge on any atom is -0.463 e. The molecular formula is C21H21F3N4O2. The molecule has 2 aromatic rings. The van der Waals surface area contributed by atoms with Crippen LogP contribution in [-0.2, 0) is 0 Å². The van der Waals surface area contributed by atoms with E-state index < -0.39 is 23.9 Å². The van der Waals surface area contributed by atoms with Crippen molar-refractivity contribution in [2.75, 3.05) is 12.4 Å². The summed E-state index contributed by atoms with van der Waals surface area (Å²) in [6, 6.07) is 11.7. The monoisotopic (exact) mass is 418 g/mol. The van der Waals surface area contributed by atoms with E-state index in [-0.39, 0.29) is 17.3 Å². The molecule has 0 aromatic heterocycles. The predicted octanol–water partition coefficient (Wildman–Crippen LogP) is 3.89. The van der Waals surface area contributed by atoms with Crippen LogP contribution in [0.3, 0.4) is 0 Å². The molecule has 0 unspecified atom stereocenters. The van der Waals surface area contributed by atoms with E-state index in [2.05, 4.69) is 20.9 Å². The summed E-state index contributed by atoms with van der Waals surface area (Å²) in [5, 5.41) is 7.96. The summed E-state index contributed by atoms with van der Waals surface area (Å²) in [5.41, 5.74) is 1.69. The number of benzene rings is 2. The zero-order chi connectivity index (χ0) is 21.9. The lowest BCUT2D eigenvalue weighted by Gasteiger charge is -2.26. The number of rotatable bonds is 4. The molecule has 1 heterocycles. The first kappa shape index (κ1) is 21.2. The average molecular weight is 418 g/mol. The van der Waals surface area contributed by atoms with Crippen LogP contribution in [0.4, 0.5) is 18.9 Å². The Bertz CT molecular complexity index is 1020. The Morgan fingerprint density at radius 3 is 2.60 bits per heavy atom. The molecular weight excluding hydrogens is 397 g/mol. The number of amides is 1. The molecule has 3 N–H and O–H groups in total. The third-order valence-corrected chi connectivity index (χ3v) is 4.45. The normalized spacial score (nSPS) is 16.1. The Kier molecular flexibility index (Phi) is 6.00. The maximum absolute atomic E-state index is 13.5. The van der Waals surface area contributed by atoms with Gasteiger partial charge in [0.15, 0.2) is 0 Å². The first-order chi connectivity index (χ1) is 14.2. The smallest absolute Gasteiger partial charge is 0.419 e. The molecule has 0 fully saturated rings. The maximum atomic E-state index is 13.5. The van der Waals surface area contributed by atoms with E-state index in [1.165, 1.54) is 19.2 Å². The molecule has 0 saturated carbocycles. The average Bonchev–Trinajstić information content (AvgIpc) is 2.70. The minimum absolute atomic E-state index is 0.00580. The highest BCUT2D eigenvalue weighted by Gasteiger charge is 2.42. The topological polar surface area (TPSA) is 74.8 Å². The van der Waals surface area contributed by atoms with Crippen LogP contribution in [0.5, 0.6) is 5.75 Å². The molecule has 2 aromatic carbocycles. The van der Waals surface area contributed by atoms with Crippen molar-refractivity contribution in [2.24, 2.45) is 4.99 Å². The summed E-state index contributed by atoms with van der Waals surface area (Å²) in [4.78, 5) is 16.1. The van der Waals surface area contributed by atoms with Crippen molar-refractivity contribution in [3.63, 3.8) is 0 Å². The van der Waals surface area contributed by atoms with Gasteiger partial charge in [0.1, 0.15) is 11.3 Å². The van der Waals surface area contributed by atoms with E-state index in [1.807, 2.05) is 32.0 Å². The number of halogens is 3. The number of guanidine groups is 1. The van der Waals surface area contributed by atoms with E-state index in [0.717, 1.165) is 17.3 Å². The van der Waals surface area contributed by atoms with Gasteiger partial charge in [0.2, 0.25) is 12.2 Å². The van der Waals surface area contributed by atoms with Crippen molar-refractivity contribution in [1.29, 1.82) is 0 Å². The van der Waals surface area contributed by atoms with Crippen molar-refractivity contribution in [2.45, 2.75) is 26.3 Å². The second kappa shape index (κ2) is 8.48. The highest BCUT2D eigenvalue weighted by molar-refractivity contribution is 5.97. The molecule has 3 rings (SSSR count). The summed E-state index contributed by atoms with van der Waals surface area (Å²) in [6.07, 6.45) is -5.55. The Balaban J connectivity index is 1.94. The van der Waals surface area contributed by atoms with Gasteiger partial charge in [-0.1, -0.05) is 24.3 Å². The van der Waals surface area contributed by atoms with Gasteiger partial charge >= 0.3 is 6.18 Å². The van der Waals surface area contributed by atoms with Crippen LogP contribution in [0, 0.1) is 13.8 Å². The third kappa shape index (κ3) is 4.73. The third-order valence-electron chi connectivity index (χ3n) is 4.45. The van der Waals surface area contributed by atoms with E-state index in [0.29, 0.717) is 5.69 Å². The number of para-hydroxylation sites is 1. The molecule has 0 saturated heterocycles. The zero-order valence-electron chi connectivity index (χ0n) is 16.6. The fourth-order valence-electron chi connectivity index (χ4n) is 2.83. The van der Waals surface area contributed by atoms with Crippen LogP contribution in [0.2, 0.25) is 0 Å². The number of carbonyl (C=O) groups excluding carboxylic acids is 1. The Morgan fingerprint density at radius 1 is 1.17 bits per heavy atom. The molecule has 0 aliphatic carbocycles. The maximum Gasteiger partial charge on any atom is 0.419 e. The van der Waals surface area contributed by atoms with E-state index >= 15 is 0 Å². The zero-order valence-corrected chi connectivity index (χ0v) is 16.6. The fourth-order valence-corrected chi connectivity index (χ4v) is 2.83. The number of aryl methyl sites for hydroxylation is 2. The van der Waals surface area contributed by atoms with E-state index in [9.17, 15) is 18.0 Å². The number of alkyl halides is 3. The summed E-state index contributed by atoms with van der Waals surface area (Å²) in [6.45, 7) is 3.78. The van der Waals surface area contributed by atoms with Gasteiger partial charge in [-0.25, -0.2) is 4.99 Å². The van der Waals surface area contributed by atoms with Gasteiger partial charge in [-0.3, -0.25) is 4.79 Å². The SMILES string of the molecule is CNC(=O)c1ccccc1O[C@@H]1N=C(Nc2cc(C)ccc2C)NC=C1C(F)(F)F. The second-order valence-corrected chi connectivity index (χ2v) is 6.71. The van der Waals surface area contributed by atoms with Crippen LogP contribution in [0.15, 0.2) is 59.2 Å². The van der Waals surface area contributed by atoms with Crippen LogP contribution >= 0.6 is 0 Å². The van der Waals surface area contributed by atoms with Crippen LogP contribution < -0.4 is 20.7 Å². The van der Waals surface area contributed by atoms with Gasteiger partial charge in [0.05, 0.1) is 5.56 Å². The van der Waals surface area contributed by atoms with E-state index in [4.69, 9.17) is 4.74 Å². The lowest BCUT2D eigenvalue weighted by Crippen LogP contribution is -2.40. The number of hydrogen-bond donors (Lipinski definition) is 3. The highest BCUT2D eigenvalue weighted by atomic mass is 19.4. The molecule has 6 nitrogen and oxygen atoms in total. The quantitative estimate of drug-likeness (QED) is 0.705. The second-order valence-electron chi connectivity index (χ2n) is 6.71. The van der Waals surface area contributed by atoms with Crippen molar-refractivity contribution in [1.82, 2.24) is 10.6 Å². The molecule has 0 bridgehead atoms. The number of nitrogens with zero attached hydrogens (tertiary/aromatic N) is 1. The molecule has 158 valence electrons. The molecule has 1 aliphatic heterocycles. The predicted molar refractivity (Wildman–Crippen MR) is 108 cm³/mol. The molecule has 9 heteroatoms. The van der Waals surface area contributed by atoms with Crippen LogP contribution in [0.1, 0.15) is 21.5 Å². The Labute approximate surface area is 171 Å². The first-order valence-electron chi connectivity index (χ1n) is 9.12. The number of ether oxygens (including phenoxy) is 1. The summed E-state index contributed by atoms with van der Waals surface area (Å²) in [7, 11) is 1.43.